The molecule has 2 aromatic rings. The highest BCUT2D eigenvalue weighted by molar-refractivity contribution is 8.18. The van der Waals surface area contributed by atoms with Crippen LogP contribution >= 0.6 is 23.4 Å². The molecular formula is C23H22ClN4OS+. The molecule has 5 nitrogen and oxygen atoms in total. The molecule has 1 aromatic heterocycles. The summed E-state index contributed by atoms with van der Waals surface area (Å²) in [5, 5.41) is 1.31. The molecule has 3 heterocycles. The summed E-state index contributed by atoms with van der Waals surface area (Å²) in [4.78, 5) is 22.1. The third kappa shape index (κ3) is 3.93. The van der Waals surface area contributed by atoms with Gasteiger partial charge < -0.3 is 4.90 Å². The average Bonchev–Trinajstić information content (AvgIpc) is 3.04. The van der Waals surface area contributed by atoms with E-state index < -0.39 is 0 Å². The SMILES string of the molecule is CCN1C(=O)/C(=C/C=C2/C=Cc3ccccc3N2C)SC1=Nc1ccc(Cl)c[n+]1C. The fourth-order valence-corrected chi connectivity index (χ4v) is 4.55. The summed E-state index contributed by atoms with van der Waals surface area (Å²) in [6.45, 7) is 2.51. The minimum atomic E-state index is -0.0300. The second kappa shape index (κ2) is 8.50. The average molecular weight is 438 g/mol. The first-order valence-corrected chi connectivity index (χ1v) is 10.8. The molecule has 0 aliphatic carbocycles. The molecule has 0 unspecified atom stereocenters. The number of halogens is 1. The van der Waals surface area contributed by atoms with E-state index in [1.165, 1.54) is 17.3 Å². The van der Waals surface area contributed by atoms with Gasteiger partial charge in [0.05, 0.1) is 17.0 Å². The van der Waals surface area contributed by atoms with Crippen molar-refractivity contribution in [2.45, 2.75) is 6.92 Å². The standard InChI is InChI=1S/C23H22ClN4OS/c1-4-28-22(29)20(30-23(28)25-21-14-10-17(24)15-26(21)2)13-12-18-11-9-16-7-5-6-8-19(16)27(18)3/h5-15H,4H2,1-3H3/q+1/b18-12-,20-13-. The number of anilines is 1. The number of likely N-dealkylation sites (N-methyl/N-ethyl adjacent to an activating group) is 2. The number of aromatic nitrogens is 1. The highest BCUT2D eigenvalue weighted by Gasteiger charge is 2.36. The number of rotatable bonds is 3. The molecular weight excluding hydrogens is 416 g/mol. The Hall–Kier alpha value is -2.83. The van der Waals surface area contributed by atoms with Crippen LogP contribution in [0.25, 0.3) is 6.08 Å². The summed E-state index contributed by atoms with van der Waals surface area (Å²) < 4.78 is 1.84. The van der Waals surface area contributed by atoms with E-state index in [9.17, 15) is 4.79 Å². The van der Waals surface area contributed by atoms with E-state index in [4.69, 9.17) is 16.6 Å². The number of hydrogen-bond donors (Lipinski definition) is 0. The monoisotopic (exact) mass is 437 g/mol. The Morgan fingerprint density at radius 1 is 1.17 bits per heavy atom. The van der Waals surface area contributed by atoms with Crippen molar-refractivity contribution in [2.75, 3.05) is 18.5 Å². The number of carbonyl (C=O) groups excluding carboxylic acids is 1. The fraction of sp³-hybridized carbons (Fsp3) is 0.174. The van der Waals surface area contributed by atoms with Gasteiger partial charge in [0.25, 0.3) is 11.1 Å². The highest BCUT2D eigenvalue weighted by atomic mass is 35.5. The van der Waals surface area contributed by atoms with Gasteiger partial charge in [0, 0.05) is 31.0 Å². The summed E-state index contributed by atoms with van der Waals surface area (Å²) >= 11 is 7.42. The van der Waals surface area contributed by atoms with E-state index in [0.29, 0.717) is 21.6 Å². The lowest BCUT2D eigenvalue weighted by Gasteiger charge is -2.26. The molecule has 1 aromatic carbocycles. The molecule has 2 aliphatic heterocycles. The first-order valence-electron chi connectivity index (χ1n) is 9.64. The van der Waals surface area contributed by atoms with Gasteiger partial charge in [-0.25, -0.2) is 4.57 Å². The lowest BCUT2D eigenvalue weighted by Crippen LogP contribution is -2.31. The molecule has 0 N–H and O–H groups in total. The van der Waals surface area contributed by atoms with Crippen molar-refractivity contribution in [3.05, 3.63) is 82.0 Å². The number of amidine groups is 1. The molecule has 7 heteroatoms. The Balaban J connectivity index is 1.63. The van der Waals surface area contributed by atoms with Gasteiger partial charge in [-0.3, -0.25) is 9.69 Å². The number of hydrogen-bond acceptors (Lipinski definition) is 4. The maximum Gasteiger partial charge on any atom is 0.326 e. The summed E-state index contributed by atoms with van der Waals surface area (Å²) in [5.41, 5.74) is 3.34. The van der Waals surface area contributed by atoms with Crippen LogP contribution in [0.1, 0.15) is 12.5 Å². The maximum absolute atomic E-state index is 12.9. The number of thioether (sulfide) groups is 1. The fourth-order valence-electron chi connectivity index (χ4n) is 3.35. The third-order valence-electron chi connectivity index (χ3n) is 5.01. The van der Waals surface area contributed by atoms with Gasteiger partial charge in [0.1, 0.15) is 6.20 Å². The molecule has 4 rings (SSSR count). The van der Waals surface area contributed by atoms with Crippen molar-refractivity contribution in [3.63, 3.8) is 0 Å². The van der Waals surface area contributed by atoms with Crippen molar-refractivity contribution < 1.29 is 9.36 Å². The van der Waals surface area contributed by atoms with E-state index in [1.807, 2.05) is 55.9 Å². The van der Waals surface area contributed by atoms with Crippen LogP contribution in [0.2, 0.25) is 5.02 Å². The largest absolute Gasteiger partial charge is 0.344 e. The Bertz CT molecular complexity index is 1140. The van der Waals surface area contributed by atoms with Gasteiger partial charge in [-0.1, -0.05) is 35.9 Å². The number of aliphatic imine (C=N–C) groups is 1. The molecule has 152 valence electrons. The van der Waals surface area contributed by atoms with Crippen LogP contribution in [0.5, 0.6) is 0 Å². The van der Waals surface area contributed by atoms with Gasteiger partial charge in [-0.2, -0.15) is 0 Å². The van der Waals surface area contributed by atoms with Crippen molar-refractivity contribution in [1.82, 2.24) is 4.90 Å². The second-order valence-electron chi connectivity index (χ2n) is 6.94. The smallest absolute Gasteiger partial charge is 0.326 e. The van der Waals surface area contributed by atoms with Crippen LogP contribution < -0.4 is 9.47 Å². The zero-order chi connectivity index (χ0) is 21.3. The highest BCUT2D eigenvalue weighted by Crippen LogP contribution is 2.33. The lowest BCUT2D eigenvalue weighted by molar-refractivity contribution is -0.658. The molecule has 0 spiro atoms. The number of carbonyl (C=O) groups is 1. The summed E-state index contributed by atoms with van der Waals surface area (Å²) in [7, 11) is 3.91. The number of nitrogens with zero attached hydrogens (tertiary/aromatic N) is 4. The van der Waals surface area contributed by atoms with Crippen LogP contribution in [0.3, 0.4) is 0 Å². The van der Waals surface area contributed by atoms with Crippen LogP contribution in [0, 0.1) is 0 Å². The van der Waals surface area contributed by atoms with E-state index in [2.05, 4.69) is 29.2 Å². The summed E-state index contributed by atoms with van der Waals surface area (Å²) in [5.74, 6) is 0.705. The zero-order valence-electron chi connectivity index (χ0n) is 17.0. The number of aryl methyl sites for hydroxylation is 1. The predicted octanol–water partition coefficient (Wildman–Crippen LogP) is 4.68. The molecule has 30 heavy (non-hydrogen) atoms. The molecule has 0 saturated carbocycles. The van der Waals surface area contributed by atoms with Gasteiger partial charge in [-0.15, -0.1) is 0 Å². The Morgan fingerprint density at radius 2 is 1.97 bits per heavy atom. The molecule has 0 radical (unpaired) electrons. The molecule has 2 aliphatic rings. The Morgan fingerprint density at radius 3 is 2.73 bits per heavy atom. The quantitative estimate of drug-likeness (QED) is 0.517. The predicted molar refractivity (Wildman–Crippen MR) is 125 cm³/mol. The number of allylic oxidation sites excluding steroid dienone is 3. The number of pyridine rings is 1. The molecule has 0 atom stereocenters. The second-order valence-corrected chi connectivity index (χ2v) is 8.38. The van der Waals surface area contributed by atoms with Gasteiger partial charge in [-0.05, 0) is 59.6 Å². The molecule has 1 saturated heterocycles. The van der Waals surface area contributed by atoms with Crippen LogP contribution in [-0.2, 0) is 11.8 Å². The van der Waals surface area contributed by atoms with Crippen LogP contribution in [0.4, 0.5) is 11.5 Å². The van der Waals surface area contributed by atoms with Gasteiger partial charge >= 0.3 is 5.82 Å². The summed E-state index contributed by atoms with van der Waals surface area (Å²) in [6.07, 6.45) is 9.80. The van der Waals surface area contributed by atoms with E-state index in [-0.39, 0.29) is 5.91 Å². The number of fused-ring (bicyclic) bond motifs is 1. The van der Waals surface area contributed by atoms with E-state index in [1.54, 1.807) is 17.2 Å². The molecule has 0 bridgehead atoms. The minimum absolute atomic E-state index is 0.0300. The first kappa shape index (κ1) is 20.4. The topological polar surface area (TPSA) is 39.8 Å². The van der Waals surface area contributed by atoms with Crippen molar-refractivity contribution >= 4 is 52.0 Å². The molecule has 1 fully saturated rings. The minimum Gasteiger partial charge on any atom is -0.344 e. The first-order chi connectivity index (χ1) is 14.5. The summed E-state index contributed by atoms with van der Waals surface area (Å²) in [6, 6.07) is 11.9. The van der Waals surface area contributed by atoms with Crippen molar-refractivity contribution in [1.29, 1.82) is 0 Å². The van der Waals surface area contributed by atoms with Crippen molar-refractivity contribution in [2.24, 2.45) is 12.0 Å². The maximum atomic E-state index is 12.9. The van der Waals surface area contributed by atoms with Crippen molar-refractivity contribution in [3.8, 4) is 0 Å². The van der Waals surface area contributed by atoms with Gasteiger partial charge in [0.2, 0.25) is 0 Å². The lowest BCUT2D eigenvalue weighted by atomic mass is 10.1. The number of amides is 1. The number of para-hydroxylation sites is 1. The Labute approximate surface area is 185 Å². The normalized spacial score (nSPS) is 20.0. The third-order valence-corrected chi connectivity index (χ3v) is 6.26. The van der Waals surface area contributed by atoms with E-state index in [0.717, 1.165) is 17.2 Å². The zero-order valence-corrected chi connectivity index (χ0v) is 18.6. The van der Waals surface area contributed by atoms with Crippen LogP contribution in [0.15, 0.2) is 76.4 Å². The number of benzene rings is 1. The Kier molecular flexibility index (Phi) is 5.79. The van der Waals surface area contributed by atoms with Gasteiger partial charge in [0.15, 0.2) is 0 Å². The molecule has 1 amide bonds. The van der Waals surface area contributed by atoms with E-state index >= 15 is 0 Å². The van der Waals surface area contributed by atoms with Crippen LogP contribution in [-0.4, -0.2) is 29.6 Å².